The highest BCUT2D eigenvalue weighted by molar-refractivity contribution is 7.11. The Labute approximate surface area is 141 Å². The first-order valence-corrected chi connectivity index (χ1v) is 8.77. The fraction of sp³-hybridized carbons (Fsp3) is 0.316. The maximum atomic E-state index is 10.4. The first-order valence-electron chi connectivity index (χ1n) is 7.95. The topological polar surface area (TPSA) is 45.2 Å². The van der Waals surface area contributed by atoms with Crippen LogP contribution in [0.1, 0.15) is 41.3 Å². The Morgan fingerprint density at radius 1 is 1.13 bits per heavy atom. The van der Waals surface area contributed by atoms with Crippen molar-refractivity contribution in [2.24, 2.45) is 0 Å². The molecule has 0 fully saturated rings. The zero-order valence-corrected chi connectivity index (χ0v) is 14.3. The van der Waals surface area contributed by atoms with Crippen molar-refractivity contribution in [3.05, 3.63) is 64.1 Å². The Hall–Kier alpha value is -1.75. The smallest absolute Gasteiger partial charge is 0.0953 e. The van der Waals surface area contributed by atoms with Crippen molar-refractivity contribution in [2.45, 2.75) is 32.4 Å². The second-order valence-electron chi connectivity index (χ2n) is 6.07. The van der Waals surface area contributed by atoms with Crippen molar-refractivity contribution in [1.29, 1.82) is 0 Å². The molecule has 0 aliphatic carbocycles. The summed E-state index contributed by atoms with van der Waals surface area (Å²) >= 11 is 1.74. The molecule has 120 valence electrons. The van der Waals surface area contributed by atoms with Gasteiger partial charge in [-0.3, -0.25) is 0 Å². The molecule has 3 rings (SSSR count). The lowest BCUT2D eigenvalue weighted by Gasteiger charge is -2.12. The summed E-state index contributed by atoms with van der Waals surface area (Å²) < 4.78 is 0. The molecule has 0 bridgehead atoms. The number of aromatic nitrogens is 1. The molecule has 1 aromatic heterocycles. The third-order valence-corrected chi connectivity index (χ3v) is 5.16. The summed E-state index contributed by atoms with van der Waals surface area (Å²) in [6, 6.07) is 14.3. The van der Waals surface area contributed by atoms with E-state index in [0.29, 0.717) is 12.5 Å². The van der Waals surface area contributed by atoms with Crippen LogP contribution in [-0.2, 0) is 6.54 Å². The Morgan fingerprint density at radius 3 is 2.65 bits per heavy atom. The zero-order chi connectivity index (χ0) is 16.2. The average Bonchev–Trinajstić information content (AvgIpc) is 3.03. The lowest BCUT2D eigenvalue weighted by Crippen LogP contribution is -2.20. The molecule has 0 amide bonds. The lowest BCUT2D eigenvalue weighted by atomic mass is 10.0. The van der Waals surface area contributed by atoms with E-state index in [4.69, 9.17) is 0 Å². The molecule has 0 saturated carbocycles. The number of thiazole rings is 1. The largest absolute Gasteiger partial charge is 0.387 e. The van der Waals surface area contributed by atoms with Crippen LogP contribution in [0.3, 0.4) is 0 Å². The molecule has 0 spiro atoms. The molecule has 0 saturated heterocycles. The minimum Gasteiger partial charge on any atom is -0.387 e. The van der Waals surface area contributed by atoms with Crippen molar-refractivity contribution >= 4 is 22.1 Å². The van der Waals surface area contributed by atoms with Crippen LogP contribution in [0.15, 0.2) is 48.7 Å². The van der Waals surface area contributed by atoms with E-state index in [-0.39, 0.29) is 0 Å². The quantitative estimate of drug-likeness (QED) is 0.712. The third kappa shape index (κ3) is 3.96. The van der Waals surface area contributed by atoms with Gasteiger partial charge in [0.05, 0.1) is 11.1 Å². The Morgan fingerprint density at radius 2 is 1.91 bits per heavy atom. The summed E-state index contributed by atoms with van der Waals surface area (Å²) in [6.07, 6.45) is 1.42. The maximum absolute atomic E-state index is 10.4. The van der Waals surface area contributed by atoms with Gasteiger partial charge < -0.3 is 10.4 Å². The summed E-state index contributed by atoms with van der Waals surface area (Å²) in [6.45, 7) is 5.58. The number of aliphatic hydroxyl groups excluding tert-OH is 1. The zero-order valence-electron chi connectivity index (χ0n) is 13.5. The fourth-order valence-electron chi connectivity index (χ4n) is 2.54. The van der Waals surface area contributed by atoms with Crippen molar-refractivity contribution in [3.63, 3.8) is 0 Å². The summed E-state index contributed by atoms with van der Waals surface area (Å²) in [5, 5.41) is 17.2. The van der Waals surface area contributed by atoms with Gasteiger partial charge >= 0.3 is 0 Å². The van der Waals surface area contributed by atoms with Gasteiger partial charge in [-0.2, -0.15) is 0 Å². The van der Waals surface area contributed by atoms with E-state index < -0.39 is 6.10 Å². The van der Waals surface area contributed by atoms with Gasteiger partial charge in [-0.25, -0.2) is 4.98 Å². The molecule has 1 atom stereocenters. The van der Waals surface area contributed by atoms with E-state index in [1.165, 1.54) is 10.3 Å². The predicted octanol–water partition coefficient (Wildman–Crippen LogP) is 4.24. The lowest BCUT2D eigenvalue weighted by molar-refractivity contribution is 0.174. The number of hydrogen-bond donors (Lipinski definition) is 2. The van der Waals surface area contributed by atoms with Gasteiger partial charge in [0, 0.05) is 30.1 Å². The van der Waals surface area contributed by atoms with E-state index >= 15 is 0 Å². The minimum atomic E-state index is -0.503. The molecule has 3 aromatic rings. The van der Waals surface area contributed by atoms with Crippen molar-refractivity contribution < 1.29 is 5.11 Å². The van der Waals surface area contributed by atoms with Gasteiger partial charge in [0.15, 0.2) is 0 Å². The number of benzene rings is 2. The third-order valence-electron chi connectivity index (χ3n) is 3.86. The molecule has 3 nitrogen and oxygen atoms in total. The highest BCUT2D eigenvalue weighted by Gasteiger charge is 2.09. The molecule has 0 aliphatic rings. The summed E-state index contributed by atoms with van der Waals surface area (Å²) in [4.78, 5) is 5.63. The number of nitrogens with one attached hydrogen (secondary N) is 1. The van der Waals surface area contributed by atoms with Crippen LogP contribution in [0, 0.1) is 0 Å². The number of hydrogen-bond acceptors (Lipinski definition) is 4. The summed E-state index contributed by atoms with van der Waals surface area (Å²) in [5.74, 6) is 0.469. The van der Waals surface area contributed by atoms with E-state index in [0.717, 1.165) is 22.5 Å². The van der Waals surface area contributed by atoms with Gasteiger partial charge in [-0.1, -0.05) is 50.2 Å². The van der Waals surface area contributed by atoms with Crippen LogP contribution in [-0.4, -0.2) is 16.6 Å². The molecule has 1 unspecified atom stereocenters. The first kappa shape index (κ1) is 16.1. The SMILES string of the molecule is CC(C)c1ncc(CNCC(O)c2ccc3ccccc3c2)s1. The Balaban J connectivity index is 1.58. The number of fused-ring (bicyclic) bond motifs is 1. The van der Waals surface area contributed by atoms with E-state index in [9.17, 15) is 5.11 Å². The molecule has 4 heteroatoms. The van der Waals surface area contributed by atoms with Crippen molar-refractivity contribution in [3.8, 4) is 0 Å². The maximum Gasteiger partial charge on any atom is 0.0953 e. The molecular weight excluding hydrogens is 304 g/mol. The van der Waals surface area contributed by atoms with Crippen LogP contribution in [0.2, 0.25) is 0 Å². The molecule has 0 aliphatic heterocycles. The molecule has 2 aromatic carbocycles. The van der Waals surface area contributed by atoms with E-state index in [1.54, 1.807) is 11.3 Å². The van der Waals surface area contributed by atoms with Crippen molar-refractivity contribution in [1.82, 2.24) is 10.3 Å². The number of nitrogens with zero attached hydrogens (tertiary/aromatic N) is 1. The molecule has 1 heterocycles. The Kier molecular flexibility index (Phi) is 5.06. The van der Waals surface area contributed by atoms with Crippen LogP contribution < -0.4 is 5.32 Å². The number of rotatable bonds is 6. The molecule has 2 N–H and O–H groups in total. The standard InChI is InChI=1S/C19H22N2OS/c1-13(2)19-21-11-17(23-19)10-20-12-18(22)16-8-7-14-5-3-4-6-15(14)9-16/h3-9,11,13,18,20,22H,10,12H2,1-2H3. The summed E-state index contributed by atoms with van der Waals surface area (Å²) in [7, 11) is 0. The van der Waals surface area contributed by atoms with Gasteiger partial charge in [-0.15, -0.1) is 11.3 Å². The minimum absolute atomic E-state index is 0.469. The van der Waals surface area contributed by atoms with Crippen LogP contribution >= 0.6 is 11.3 Å². The van der Waals surface area contributed by atoms with E-state index in [2.05, 4.69) is 48.4 Å². The van der Waals surface area contributed by atoms with Gasteiger partial charge in [0.1, 0.15) is 0 Å². The highest BCUT2D eigenvalue weighted by Crippen LogP contribution is 2.22. The van der Waals surface area contributed by atoms with Gasteiger partial charge in [0.2, 0.25) is 0 Å². The van der Waals surface area contributed by atoms with Crippen LogP contribution in [0.4, 0.5) is 0 Å². The monoisotopic (exact) mass is 326 g/mol. The van der Waals surface area contributed by atoms with Gasteiger partial charge in [0.25, 0.3) is 0 Å². The second-order valence-corrected chi connectivity index (χ2v) is 7.22. The van der Waals surface area contributed by atoms with E-state index in [1.807, 2.05) is 24.4 Å². The molecule has 23 heavy (non-hydrogen) atoms. The number of aliphatic hydroxyl groups is 1. The second kappa shape index (κ2) is 7.21. The fourth-order valence-corrected chi connectivity index (χ4v) is 3.43. The van der Waals surface area contributed by atoms with Crippen LogP contribution in [0.25, 0.3) is 10.8 Å². The first-order chi connectivity index (χ1) is 11.1. The predicted molar refractivity (Wildman–Crippen MR) is 96.8 cm³/mol. The van der Waals surface area contributed by atoms with Crippen molar-refractivity contribution in [2.75, 3.05) is 6.54 Å². The normalized spacial score (nSPS) is 12.9. The highest BCUT2D eigenvalue weighted by atomic mass is 32.1. The van der Waals surface area contributed by atoms with Crippen LogP contribution in [0.5, 0.6) is 0 Å². The average molecular weight is 326 g/mol. The molecular formula is C19H22N2OS. The Bertz CT molecular complexity index is 782. The summed E-state index contributed by atoms with van der Waals surface area (Å²) in [5.41, 5.74) is 0.948. The van der Waals surface area contributed by atoms with Gasteiger partial charge in [-0.05, 0) is 22.4 Å². The molecule has 0 radical (unpaired) electrons.